The number of aliphatic hydroxyl groups excluding tert-OH is 1. The van der Waals surface area contributed by atoms with Crippen LogP contribution in [0.4, 0.5) is 0 Å². The summed E-state index contributed by atoms with van der Waals surface area (Å²) in [6.07, 6.45) is -0.644. The van der Waals surface area contributed by atoms with Gasteiger partial charge in [-0.3, -0.25) is 0 Å². The fourth-order valence-electron chi connectivity index (χ4n) is 2.21. The number of nitrogens with zero attached hydrogens (tertiary/aromatic N) is 3. The van der Waals surface area contributed by atoms with Crippen LogP contribution in [-0.4, -0.2) is 32.8 Å². The smallest absolute Gasteiger partial charge is 0.122 e. The molecule has 2 aromatic carbocycles. The predicted molar refractivity (Wildman–Crippen MR) is 80.2 cm³/mol. The van der Waals surface area contributed by atoms with Crippen LogP contribution < -0.4 is 4.74 Å². The molecule has 0 amide bonds. The summed E-state index contributed by atoms with van der Waals surface area (Å²) >= 11 is 0. The third-order valence-corrected chi connectivity index (χ3v) is 3.33. The Morgan fingerprint density at radius 1 is 1.14 bits per heavy atom. The molecule has 1 heterocycles. The van der Waals surface area contributed by atoms with Gasteiger partial charge in [0, 0.05) is 0 Å². The number of benzene rings is 2. The van der Waals surface area contributed by atoms with Crippen molar-refractivity contribution in [2.75, 3.05) is 6.61 Å². The van der Waals surface area contributed by atoms with Crippen LogP contribution in [0.5, 0.6) is 5.75 Å². The van der Waals surface area contributed by atoms with Gasteiger partial charge in [0.25, 0.3) is 0 Å². The van der Waals surface area contributed by atoms with Crippen LogP contribution in [0.25, 0.3) is 11.0 Å². The van der Waals surface area contributed by atoms with Crippen LogP contribution in [0.15, 0.2) is 48.5 Å². The molecule has 1 aromatic heterocycles. The van der Waals surface area contributed by atoms with E-state index in [9.17, 15) is 5.11 Å². The van der Waals surface area contributed by atoms with Gasteiger partial charge in [-0.15, -0.1) is 5.10 Å². The largest absolute Gasteiger partial charge is 0.491 e. The number of aromatic nitrogens is 3. The maximum atomic E-state index is 10.1. The second-order valence-corrected chi connectivity index (χ2v) is 4.99. The summed E-state index contributed by atoms with van der Waals surface area (Å²) in [5.41, 5.74) is 2.79. The number of aliphatic hydroxyl groups is 1. The van der Waals surface area contributed by atoms with Crippen molar-refractivity contribution in [3.8, 4) is 5.75 Å². The van der Waals surface area contributed by atoms with Crippen molar-refractivity contribution in [1.82, 2.24) is 15.0 Å². The Kier molecular flexibility index (Phi) is 3.83. The predicted octanol–water partition coefficient (Wildman–Crippen LogP) is 2.18. The van der Waals surface area contributed by atoms with E-state index in [2.05, 4.69) is 10.3 Å². The van der Waals surface area contributed by atoms with E-state index in [1.807, 2.05) is 55.5 Å². The zero-order valence-electron chi connectivity index (χ0n) is 11.8. The Hall–Kier alpha value is -2.40. The number of ether oxygens (including phenoxy) is 1. The van der Waals surface area contributed by atoms with E-state index in [-0.39, 0.29) is 6.61 Å². The molecule has 0 saturated heterocycles. The molecule has 0 aliphatic carbocycles. The minimum absolute atomic E-state index is 0.221. The van der Waals surface area contributed by atoms with Crippen molar-refractivity contribution in [3.63, 3.8) is 0 Å². The standard InChI is InChI=1S/C16H17N3O2/c1-12-6-2-5-9-16(12)21-11-13(20)10-19-15-8-4-3-7-14(15)17-18-19/h2-9,13,20H,10-11H2,1H3/t13-/m1/s1. The SMILES string of the molecule is Cc1ccccc1OC[C@H](O)Cn1nnc2ccccc21. The fourth-order valence-corrected chi connectivity index (χ4v) is 2.21. The lowest BCUT2D eigenvalue weighted by Crippen LogP contribution is -2.24. The van der Waals surface area contributed by atoms with Gasteiger partial charge in [0.1, 0.15) is 24.0 Å². The number of rotatable bonds is 5. The van der Waals surface area contributed by atoms with Crippen molar-refractivity contribution in [2.45, 2.75) is 19.6 Å². The molecule has 5 nitrogen and oxygen atoms in total. The lowest BCUT2D eigenvalue weighted by Gasteiger charge is -2.13. The summed E-state index contributed by atoms with van der Waals surface area (Å²) in [6.45, 7) is 2.55. The topological polar surface area (TPSA) is 60.2 Å². The third-order valence-electron chi connectivity index (χ3n) is 3.33. The quantitative estimate of drug-likeness (QED) is 0.779. The zero-order valence-corrected chi connectivity index (χ0v) is 11.8. The van der Waals surface area contributed by atoms with Crippen LogP contribution in [-0.2, 0) is 6.54 Å². The van der Waals surface area contributed by atoms with Crippen molar-refractivity contribution >= 4 is 11.0 Å². The number of aryl methyl sites for hydroxylation is 1. The second kappa shape index (κ2) is 5.93. The molecule has 0 saturated carbocycles. The fraction of sp³-hybridized carbons (Fsp3) is 0.250. The minimum atomic E-state index is -0.644. The molecule has 1 atom stereocenters. The second-order valence-electron chi connectivity index (χ2n) is 4.99. The molecule has 0 radical (unpaired) electrons. The molecule has 0 fully saturated rings. The van der Waals surface area contributed by atoms with E-state index in [1.54, 1.807) is 4.68 Å². The van der Waals surface area contributed by atoms with E-state index in [4.69, 9.17) is 4.74 Å². The van der Waals surface area contributed by atoms with Gasteiger partial charge in [-0.05, 0) is 30.7 Å². The first-order valence-electron chi connectivity index (χ1n) is 6.89. The van der Waals surface area contributed by atoms with E-state index in [1.165, 1.54) is 0 Å². The Morgan fingerprint density at radius 2 is 1.90 bits per heavy atom. The van der Waals surface area contributed by atoms with Crippen LogP contribution in [0.2, 0.25) is 0 Å². The molecular weight excluding hydrogens is 266 g/mol. The molecule has 0 unspecified atom stereocenters. The Bertz CT molecular complexity index is 739. The van der Waals surface area contributed by atoms with Crippen LogP contribution in [0.1, 0.15) is 5.56 Å². The average Bonchev–Trinajstić information content (AvgIpc) is 2.90. The van der Waals surface area contributed by atoms with Gasteiger partial charge in [0.05, 0.1) is 12.1 Å². The first-order chi connectivity index (χ1) is 10.2. The van der Waals surface area contributed by atoms with Gasteiger partial charge < -0.3 is 9.84 Å². The van der Waals surface area contributed by atoms with Gasteiger partial charge >= 0.3 is 0 Å². The van der Waals surface area contributed by atoms with E-state index in [0.717, 1.165) is 22.3 Å². The average molecular weight is 283 g/mol. The summed E-state index contributed by atoms with van der Waals surface area (Å²) in [5.74, 6) is 0.792. The van der Waals surface area contributed by atoms with Crippen molar-refractivity contribution in [2.24, 2.45) is 0 Å². The number of hydrogen-bond acceptors (Lipinski definition) is 4. The van der Waals surface area contributed by atoms with Crippen molar-refractivity contribution in [3.05, 3.63) is 54.1 Å². The van der Waals surface area contributed by atoms with Gasteiger partial charge in [0.15, 0.2) is 0 Å². The van der Waals surface area contributed by atoms with Gasteiger partial charge in [-0.1, -0.05) is 35.5 Å². The monoisotopic (exact) mass is 283 g/mol. The maximum Gasteiger partial charge on any atom is 0.122 e. The van der Waals surface area contributed by atoms with Crippen LogP contribution >= 0.6 is 0 Å². The molecule has 1 N–H and O–H groups in total. The highest BCUT2D eigenvalue weighted by Gasteiger charge is 2.11. The molecule has 0 aliphatic rings. The molecule has 3 aromatic rings. The Morgan fingerprint density at radius 3 is 2.76 bits per heavy atom. The van der Waals surface area contributed by atoms with E-state index in [0.29, 0.717) is 6.54 Å². The summed E-state index contributed by atoms with van der Waals surface area (Å²) in [5, 5.41) is 18.2. The minimum Gasteiger partial charge on any atom is -0.491 e. The lowest BCUT2D eigenvalue weighted by molar-refractivity contribution is 0.0896. The normalized spacial score (nSPS) is 12.5. The van der Waals surface area contributed by atoms with E-state index >= 15 is 0 Å². The highest BCUT2D eigenvalue weighted by atomic mass is 16.5. The molecule has 5 heteroatoms. The number of para-hydroxylation sites is 2. The lowest BCUT2D eigenvalue weighted by atomic mass is 10.2. The first-order valence-corrected chi connectivity index (χ1v) is 6.89. The summed E-state index contributed by atoms with van der Waals surface area (Å²) in [7, 11) is 0. The number of fused-ring (bicyclic) bond motifs is 1. The van der Waals surface area contributed by atoms with Crippen LogP contribution in [0.3, 0.4) is 0 Å². The molecule has 0 bridgehead atoms. The Balaban J connectivity index is 1.64. The molecule has 0 aliphatic heterocycles. The van der Waals surface area contributed by atoms with Gasteiger partial charge in [-0.2, -0.15) is 0 Å². The highest BCUT2D eigenvalue weighted by molar-refractivity contribution is 5.73. The molecule has 3 rings (SSSR count). The van der Waals surface area contributed by atoms with Crippen LogP contribution in [0, 0.1) is 6.92 Å². The van der Waals surface area contributed by atoms with E-state index < -0.39 is 6.10 Å². The molecule has 0 spiro atoms. The summed E-state index contributed by atoms with van der Waals surface area (Å²) in [4.78, 5) is 0. The van der Waals surface area contributed by atoms with Gasteiger partial charge in [-0.25, -0.2) is 4.68 Å². The first kappa shape index (κ1) is 13.6. The molecule has 21 heavy (non-hydrogen) atoms. The highest BCUT2D eigenvalue weighted by Crippen LogP contribution is 2.16. The van der Waals surface area contributed by atoms with Crippen molar-refractivity contribution in [1.29, 1.82) is 0 Å². The summed E-state index contributed by atoms with van der Waals surface area (Å²) in [6, 6.07) is 15.4. The third kappa shape index (κ3) is 3.03. The Labute approximate surface area is 122 Å². The summed E-state index contributed by atoms with van der Waals surface area (Å²) < 4.78 is 7.34. The van der Waals surface area contributed by atoms with Gasteiger partial charge in [0.2, 0.25) is 0 Å². The molecular formula is C16H17N3O2. The maximum absolute atomic E-state index is 10.1. The number of hydrogen-bond donors (Lipinski definition) is 1. The zero-order chi connectivity index (χ0) is 14.7. The van der Waals surface area contributed by atoms with Crippen molar-refractivity contribution < 1.29 is 9.84 Å². The molecule has 108 valence electrons.